The Kier molecular flexibility index (Phi) is 6.75. The van der Waals surface area contributed by atoms with Gasteiger partial charge in [0.2, 0.25) is 11.8 Å². The van der Waals surface area contributed by atoms with E-state index in [-0.39, 0.29) is 11.8 Å². The van der Waals surface area contributed by atoms with Gasteiger partial charge < -0.3 is 9.80 Å². The number of benzene rings is 3. The number of piperidine rings is 2. The van der Waals surface area contributed by atoms with Gasteiger partial charge in [0.1, 0.15) is 0 Å². The van der Waals surface area contributed by atoms with E-state index >= 15 is 0 Å². The molecule has 0 spiro atoms. The Balaban J connectivity index is 1.56. The zero-order valence-electron chi connectivity index (χ0n) is 19.7. The van der Waals surface area contributed by atoms with Crippen molar-refractivity contribution in [3.63, 3.8) is 0 Å². The second kappa shape index (κ2) is 10.3. The zero-order chi connectivity index (χ0) is 23.3. The fraction of sp³-hybridized carbons (Fsp3) is 0.333. The summed E-state index contributed by atoms with van der Waals surface area (Å²) >= 11 is 0. The van der Waals surface area contributed by atoms with Crippen molar-refractivity contribution in [2.45, 2.75) is 38.5 Å². The number of likely N-dealkylation sites (tertiary alicyclic amines) is 2. The molecule has 0 bridgehead atoms. The lowest BCUT2D eigenvalue weighted by molar-refractivity contribution is -0.127. The summed E-state index contributed by atoms with van der Waals surface area (Å²) in [5.74, 6) is 0.174. The Morgan fingerprint density at radius 2 is 0.853 bits per heavy atom. The molecule has 2 saturated heterocycles. The average Bonchev–Trinajstić information content (AvgIpc) is 2.91. The molecule has 2 heterocycles. The summed E-state index contributed by atoms with van der Waals surface area (Å²) in [6.07, 6.45) is 14.2. The molecule has 3 aromatic rings. The number of fused-ring (bicyclic) bond motifs is 2. The van der Waals surface area contributed by atoms with Crippen LogP contribution in [0.4, 0.5) is 0 Å². The van der Waals surface area contributed by atoms with E-state index in [9.17, 15) is 9.59 Å². The highest BCUT2D eigenvalue weighted by Crippen LogP contribution is 2.34. The molecule has 2 aliphatic rings. The molecular weight excluding hydrogens is 420 g/mol. The van der Waals surface area contributed by atoms with Crippen LogP contribution in [0.15, 0.2) is 60.7 Å². The van der Waals surface area contributed by atoms with Crippen LogP contribution in [0.5, 0.6) is 0 Å². The van der Waals surface area contributed by atoms with Crippen molar-refractivity contribution in [1.29, 1.82) is 0 Å². The van der Waals surface area contributed by atoms with E-state index in [0.29, 0.717) is 0 Å². The van der Waals surface area contributed by atoms with Gasteiger partial charge in [-0.1, -0.05) is 48.5 Å². The topological polar surface area (TPSA) is 40.6 Å². The molecule has 3 aromatic carbocycles. The van der Waals surface area contributed by atoms with Crippen molar-refractivity contribution >= 4 is 45.5 Å². The van der Waals surface area contributed by atoms with E-state index in [0.717, 1.165) is 84.5 Å². The van der Waals surface area contributed by atoms with Gasteiger partial charge >= 0.3 is 0 Å². The second-order valence-electron chi connectivity index (χ2n) is 9.36. The summed E-state index contributed by atoms with van der Waals surface area (Å²) in [5.41, 5.74) is 2.10. The van der Waals surface area contributed by atoms with Crippen molar-refractivity contribution in [3.8, 4) is 0 Å². The summed E-state index contributed by atoms with van der Waals surface area (Å²) in [6.45, 7) is 3.39. The molecule has 0 N–H and O–H groups in total. The molecule has 0 atom stereocenters. The lowest BCUT2D eigenvalue weighted by Gasteiger charge is -2.25. The van der Waals surface area contributed by atoms with E-state index in [1.165, 1.54) is 12.8 Å². The van der Waals surface area contributed by atoms with Crippen LogP contribution in [-0.4, -0.2) is 47.8 Å². The van der Waals surface area contributed by atoms with Crippen LogP contribution in [0.3, 0.4) is 0 Å². The Bertz CT molecular complexity index is 1110. The summed E-state index contributed by atoms with van der Waals surface area (Å²) in [7, 11) is 0. The van der Waals surface area contributed by atoms with E-state index in [1.807, 2.05) is 46.2 Å². The Hall–Kier alpha value is -3.40. The summed E-state index contributed by atoms with van der Waals surface area (Å²) in [5, 5.41) is 4.37. The predicted octanol–water partition coefficient (Wildman–Crippen LogP) is 6.04. The van der Waals surface area contributed by atoms with Gasteiger partial charge in [-0.25, -0.2) is 0 Å². The van der Waals surface area contributed by atoms with Crippen LogP contribution in [0, 0.1) is 0 Å². The first-order valence-corrected chi connectivity index (χ1v) is 12.6. The van der Waals surface area contributed by atoms with Gasteiger partial charge in [-0.05, 0) is 83.3 Å². The first kappa shape index (κ1) is 22.4. The first-order valence-electron chi connectivity index (χ1n) is 12.6. The highest BCUT2D eigenvalue weighted by atomic mass is 16.2. The van der Waals surface area contributed by atoms with E-state index in [4.69, 9.17) is 0 Å². The van der Waals surface area contributed by atoms with Gasteiger partial charge in [-0.3, -0.25) is 9.59 Å². The Labute approximate surface area is 201 Å². The summed E-state index contributed by atoms with van der Waals surface area (Å²) in [4.78, 5) is 29.6. The normalized spacial score (nSPS) is 17.3. The molecule has 2 aliphatic heterocycles. The maximum absolute atomic E-state index is 12.8. The van der Waals surface area contributed by atoms with Gasteiger partial charge in [-0.2, -0.15) is 0 Å². The molecule has 174 valence electrons. The minimum Gasteiger partial charge on any atom is -0.339 e. The maximum atomic E-state index is 12.8. The Morgan fingerprint density at radius 1 is 0.529 bits per heavy atom. The number of rotatable bonds is 4. The molecule has 0 unspecified atom stereocenters. The molecule has 2 amide bonds. The van der Waals surface area contributed by atoms with E-state index < -0.39 is 0 Å². The van der Waals surface area contributed by atoms with Crippen LogP contribution in [0.2, 0.25) is 0 Å². The quantitative estimate of drug-likeness (QED) is 0.357. The van der Waals surface area contributed by atoms with Crippen molar-refractivity contribution in [2.24, 2.45) is 0 Å². The standard InChI is InChI=1S/C30H32N2O2/c33-29(31-19-7-1-8-20-31)17-15-27-23-11-3-5-13-25(23)28(26-14-6-4-12-24(26)27)16-18-30(34)32-21-9-2-10-22-32/h3-6,11-18H,1-2,7-10,19-22H2/b17-15+,18-16+. The highest BCUT2D eigenvalue weighted by molar-refractivity contribution is 6.14. The molecule has 4 nitrogen and oxygen atoms in total. The van der Waals surface area contributed by atoms with Crippen molar-refractivity contribution < 1.29 is 9.59 Å². The van der Waals surface area contributed by atoms with Crippen molar-refractivity contribution in [3.05, 3.63) is 71.8 Å². The van der Waals surface area contributed by atoms with Crippen molar-refractivity contribution in [2.75, 3.05) is 26.2 Å². The number of hydrogen-bond donors (Lipinski definition) is 0. The number of nitrogens with zero attached hydrogens (tertiary/aromatic N) is 2. The van der Waals surface area contributed by atoms with Crippen LogP contribution >= 0.6 is 0 Å². The molecule has 0 aliphatic carbocycles. The first-order chi connectivity index (χ1) is 16.7. The van der Waals surface area contributed by atoms with Crippen LogP contribution in [0.1, 0.15) is 49.7 Å². The van der Waals surface area contributed by atoms with E-state index in [1.54, 1.807) is 12.2 Å². The molecule has 5 rings (SSSR count). The lowest BCUT2D eigenvalue weighted by atomic mass is 9.91. The van der Waals surface area contributed by atoms with Crippen LogP contribution < -0.4 is 0 Å². The monoisotopic (exact) mass is 452 g/mol. The second-order valence-corrected chi connectivity index (χ2v) is 9.36. The maximum Gasteiger partial charge on any atom is 0.246 e. The highest BCUT2D eigenvalue weighted by Gasteiger charge is 2.16. The molecule has 4 heteroatoms. The zero-order valence-corrected chi connectivity index (χ0v) is 19.7. The smallest absolute Gasteiger partial charge is 0.246 e. The molecular formula is C30H32N2O2. The molecule has 2 fully saturated rings. The average molecular weight is 453 g/mol. The van der Waals surface area contributed by atoms with Crippen LogP contribution in [-0.2, 0) is 9.59 Å². The SMILES string of the molecule is O=C(/C=C/c1c2ccccc2c(/C=C/C(=O)N2CCCCC2)c2ccccc12)N1CCCCC1. The Morgan fingerprint density at radius 3 is 1.18 bits per heavy atom. The summed E-state index contributed by atoms with van der Waals surface area (Å²) < 4.78 is 0. The number of amides is 2. The van der Waals surface area contributed by atoms with Gasteiger partial charge in [-0.15, -0.1) is 0 Å². The van der Waals surface area contributed by atoms with Crippen molar-refractivity contribution in [1.82, 2.24) is 9.80 Å². The third-order valence-electron chi connectivity index (χ3n) is 7.14. The largest absolute Gasteiger partial charge is 0.339 e. The fourth-order valence-electron chi connectivity index (χ4n) is 5.30. The predicted molar refractivity (Wildman–Crippen MR) is 140 cm³/mol. The molecule has 0 aromatic heterocycles. The summed E-state index contributed by atoms with van der Waals surface area (Å²) in [6, 6.07) is 16.6. The van der Waals surface area contributed by atoms with Gasteiger partial charge in [0.15, 0.2) is 0 Å². The third kappa shape index (κ3) is 4.63. The number of hydrogen-bond acceptors (Lipinski definition) is 2. The van der Waals surface area contributed by atoms with Gasteiger partial charge in [0.25, 0.3) is 0 Å². The van der Waals surface area contributed by atoms with Gasteiger partial charge in [0.05, 0.1) is 0 Å². The van der Waals surface area contributed by atoms with E-state index in [2.05, 4.69) is 24.3 Å². The minimum absolute atomic E-state index is 0.0870. The van der Waals surface area contributed by atoms with Gasteiger partial charge in [0, 0.05) is 38.3 Å². The fourth-order valence-corrected chi connectivity index (χ4v) is 5.30. The van der Waals surface area contributed by atoms with Crippen LogP contribution in [0.25, 0.3) is 33.7 Å². The number of carbonyl (C=O) groups excluding carboxylic acids is 2. The lowest BCUT2D eigenvalue weighted by Crippen LogP contribution is -2.34. The third-order valence-corrected chi connectivity index (χ3v) is 7.14. The number of carbonyl (C=O) groups is 2. The molecule has 34 heavy (non-hydrogen) atoms. The minimum atomic E-state index is 0.0870. The molecule has 0 radical (unpaired) electrons. The molecule has 0 saturated carbocycles.